The number of fused-ring (bicyclic) bond motifs is 1. The topological polar surface area (TPSA) is 142 Å². The molecule has 3 aliphatic rings. The van der Waals surface area contributed by atoms with E-state index < -0.39 is 28.3 Å². The van der Waals surface area contributed by atoms with Gasteiger partial charge in [-0.1, -0.05) is 38.5 Å². The first kappa shape index (κ1) is 24.0. The molecular weight excluding hydrogens is 434 g/mol. The molecule has 184 valence electrons. The largest absolute Gasteiger partial charge is 0.399 e. The van der Waals surface area contributed by atoms with E-state index in [4.69, 9.17) is 5.73 Å². The lowest BCUT2D eigenvalue weighted by molar-refractivity contribution is -0.147. The van der Waals surface area contributed by atoms with Crippen molar-refractivity contribution in [2.75, 3.05) is 16.4 Å². The molecule has 0 aromatic heterocycles. The fraction of sp³-hybridized carbons (Fsp3) is 0.600. The third kappa shape index (κ3) is 4.35. The van der Waals surface area contributed by atoms with Crippen LogP contribution >= 0.6 is 0 Å². The summed E-state index contributed by atoms with van der Waals surface area (Å²) in [5, 5.41) is 11.7. The van der Waals surface area contributed by atoms with Crippen molar-refractivity contribution in [2.45, 2.75) is 89.1 Å². The number of anilines is 3. The van der Waals surface area contributed by atoms with Crippen molar-refractivity contribution < 1.29 is 19.2 Å². The van der Waals surface area contributed by atoms with E-state index in [2.05, 4.69) is 21.3 Å². The highest BCUT2D eigenvalue weighted by Gasteiger charge is 2.49. The molecule has 0 saturated heterocycles. The number of amides is 4. The van der Waals surface area contributed by atoms with E-state index in [0.29, 0.717) is 42.7 Å². The number of nitrogen functional groups attached to an aromatic ring is 1. The Labute approximate surface area is 200 Å². The second-order valence-electron chi connectivity index (χ2n) is 10.5. The SMILES string of the molecule is CC1(C)C(=O)NC2(CCCCC2)C(=O)Nc2ccc(N)cc2NC(=O)C2(CCCCC2)NC1=O. The lowest BCUT2D eigenvalue weighted by Crippen LogP contribution is -2.64. The van der Waals surface area contributed by atoms with Crippen molar-refractivity contribution in [1.82, 2.24) is 10.6 Å². The molecule has 0 bridgehead atoms. The fourth-order valence-electron chi connectivity index (χ4n) is 5.24. The molecule has 2 aliphatic carbocycles. The number of carbonyl (C=O) groups excluding carboxylic acids is 4. The summed E-state index contributed by atoms with van der Waals surface area (Å²) >= 11 is 0. The molecule has 1 heterocycles. The highest BCUT2D eigenvalue weighted by atomic mass is 16.2. The molecule has 0 radical (unpaired) electrons. The van der Waals surface area contributed by atoms with Gasteiger partial charge < -0.3 is 27.0 Å². The fourth-order valence-corrected chi connectivity index (χ4v) is 5.24. The van der Waals surface area contributed by atoms with Gasteiger partial charge in [0.1, 0.15) is 16.5 Å². The summed E-state index contributed by atoms with van der Waals surface area (Å²) in [6, 6.07) is 4.90. The van der Waals surface area contributed by atoms with Gasteiger partial charge in [0.2, 0.25) is 23.6 Å². The summed E-state index contributed by atoms with van der Waals surface area (Å²) in [5.41, 5.74) is 3.45. The third-order valence-electron chi connectivity index (χ3n) is 7.66. The molecule has 0 atom stereocenters. The summed E-state index contributed by atoms with van der Waals surface area (Å²) in [6.45, 7) is 3.07. The zero-order chi connectivity index (χ0) is 24.6. The van der Waals surface area contributed by atoms with E-state index in [1.54, 1.807) is 18.2 Å². The highest BCUT2D eigenvalue weighted by molar-refractivity contribution is 6.12. The molecular formula is C25H35N5O4. The molecule has 1 aromatic rings. The van der Waals surface area contributed by atoms with Gasteiger partial charge >= 0.3 is 0 Å². The Hall–Kier alpha value is -3.10. The maximum atomic E-state index is 13.6. The van der Waals surface area contributed by atoms with E-state index in [9.17, 15) is 19.2 Å². The van der Waals surface area contributed by atoms with Crippen LogP contribution in [0.2, 0.25) is 0 Å². The van der Waals surface area contributed by atoms with Crippen molar-refractivity contribution >= 4 is 40.7 Å². The van der Waals surface area contributed by atoms with Gasteiger partial charge in [-0.15, -0.1) is 0 Å². The first-order chi connectivity index (χ1) is 16.1. The van der Waals surface area contributed by atoms with Gasteiger partial charge in [-0.25, -0.2) is 0 Å². The van der Waals surface area contributed by atoms with Crippen LogP contribution in [0.5, 0.6) is 0 Å². The normalized spacial score (nSPS) is 24.4. The molecule has 9 nitrogen and oxygen atoms in total. The number of rotatable bonds is 0. The molecule has 9 heteroatoms. The van der Waals surface area contributed by atoms with Crippen LogP contribution < -0.4 is 27.0 Å². The minimum Gasteiger partial charge on any atom is -0.399 e. The number of nitrogens with two attached hydrogens (primary N) is 1. The van der Waals surface area contributed by atoms with Gasteiger partial charge in [-0.05, 0) is 57.7 Å². The van der Waals surface area contributed by atoms with Crippen LogP contribution in [0.25, 0.3) is 0 Å². The zero-order valence-electron chi connectivity index (χ0n) is 20.0. The molecule has 4 amide bonds. The Morgan fingerprint density at radius 3 is 1.56 bits per heavy atom. The van der Waals surface area contributed by atoms with Gasteiger partial charge in [0.05, 0.1) is 11.4 Å². The lowest BCUT2D eigenvalue weighted by atomic mass is 9.78. The molecule has 2 fully saturated rings. The Morgan fingerprint density at radius 2 is 1.09 bits per heavy atom. The molecule has 1 aliphatic heterocycles. The summed E-state index contributed by atoms with van der Waals surface area (Å²) in [5.74, 6) is -1.78. The van der Waals surface area contributed by atoms with Crippen LogP contribution in [0.1, 0.15) is 78.1 Å². The van der Waals surface area contributed by atoms with Crippen LogP contribution in [-0.2, 0) is 19.2 Å². The highest BCUT2D eigenvalue weighted by Crippen LogP contribution is 2.36. The average Bonchev–Trinajstić information content (AvgIpc) is 2.81. The van der Waals surface area contributed by atoms with E-state index in [-0.39, 0.29) is 11.8 Å². The van der Waals surface area contributed by atoms with Crippen molar-refractivity contribution in [3.63, 3.8) is 0 Å². The molecule has 2 spiro atoms. The van der Waals surface area contributed by atoms with E-state index >= 15 is 0 Å². The number of hydrogen-bond acceptors (Lipinski definition) is 5. The summed E-state index contributed by atoms with van der Waals surface area (Å²) in [4.78, 5) is 54.1. The molecule has 4 rings (SSSR count). The minimum atomic E-state index is -1.47. The van der Waals surface area contributed by atoms with Crippen molar-refractivity contribution in [3.05, 3.63) is 18.2 Å². The first-order valence-electron chi connectivity index (χ1n) is 12.3. The third-order valence-corrected chi connectivity index (χ3v) is 7.66. The Balaban J connectivity index is 1.81. The van der Waals surface area contributed by atoms with Crippen LogP contribution in [-0.4, -0.2) is 34.7 Å². The molecule has 0 unspecified atom stereocenters. The van der Waals surface area contributed by atoms with Gasteiger partial charge in [-0.3, -0.25) is 19.2 Å². The molecule has 34 heavy (non-hydrogen) atoms. The van der Waals surface area contributed by atoms with Gasteiger partial charge in [0, 0.05) is 5.69 Å². The number of carbonyl (C=O) groups is 4. The predicted molar refractivity (Wildman–Crippen MR) is 130 cm³/mol. The average molecular weight is 470 g/mol. The summed E-state index contributed by atoms with van der Waals surface area (Å²) in [6.07, 6.45) is 6.97. The number of hydrogen-bond donors (Lipinski definition) is 5. The Morgan fingerprint density at radius 1 is 0.647 bits per heavy atom. The number of nitrogens with one attached hydrogen (secondary N) is 4. The lowest BCUT2D eigenvalue weighted by Gasteiger charge is -2.40. The maximum absolute atomic E-state index is 13.6. The monoisotopic (exact) mass is 469 g/mol. The Kier molecular flexibility index (Phi) is 6.31. The summed E-state index contributed by atoms with van der Waals surface area (Å²) < 4.78 is 0. The zero-order valence-corrected chi connectivity index (χ0v) is 20.0. The first-order valence-corrected chi connectivity index (χ1v) is 12.3. The van der Waals surface area contributed by atoms with Gasteiger partial charge in [0.15, 0.2) is 0 Å². The standard InChI is InChI=1S/C25H35N5O4/c1-23(2)19(31)29-24(11-5-3-6-12-24)21(33)27-17-10-9-16(26)15-18(17)28-22(34)25(30-20(23)32)13-7-4-8-14-25/h9-10,15H,3-8,11-14,26H2,1-2H3,(H,27,33)(H,28,34)(H,29,31)(H,30,32). The maximum Gasteiger partial charge on any atom is 0.250 e. The Bertz CT molecular complexity index is 1010. The van der Waals surface area contributed by atoms with Crippen LogP contribution in [0.4, 0.5) is 17.1 Å². The van der Waals surface area contributed by atoms with Gasteiger partial charge in [-0.2, -0.15) is 0 Å². The predicted octanol–water partition coefficient (Wildman–Crippen LogP) is 2.82. The second kappa shape index (κ2) is 8.92. The molecule has 2 saturated carbocycles. The van der Waals surface area contributed by atoms with E-state index in [1.165, 1.54) is 13.8 Å². The smallest absolute Gasteiger partial charge is 0.250 e. The molecule has 6 N–H and O–H groups in total. The van der Waals surface area contributed by atoms with Crippen molar-refractivity contribution in [3.8, 4) is 0 Å². The van der Waals surface area contributed by atoms with Crippen LogP contribution in [0, 0.1) is 5.41 Å². The summed E-state index contributed by atoms with van der Waals surface area (Å²) in [7, 11) is 0. The van der Waals surface area contributed by atoms with Gasteiger partial charge in [0.25, 0.3) is 0 Å². The van der Waals surface area contributed by atoms with Crippen LogP contribution in [0.3, 0.4) is 0 Å². The van der Waals surface area contributed by atoms with E-state index in [0.717, 1.165) is 38.5 Å². The quantitative estimate of drug-likeness (QED) is 0.293. The molecule has 1 aromatic carbocycles. The van der Waals surface area contributed by atoms with Crippen LogP contribution in [0.15, 0.2) is 18.2 Å². The second-order valence-corrected chi connectivity index (χ2v) is 10.5. The minimum absolute atomic E-state index is 0.358. The van der Waals surface area contributed by atoms with Crippen molar-refractivity contribution in [1.29, 1.82) is 0 Å². The van der Waals surface area contributed by atoms with Crippen molar-refractivity contribution in [2.24, 2.45) is 5.41 Å². The number of benzene rings is 1. The van der Waals surface area contributed by atoms with E-state index in [1.807, 2.05) is 0 Å².